The van der Waals surface area contributed by atoms with Crippen LogP contribution in [0, 0.1) is 0 Å². The maximum atomic E-state index is 13.1. The number of carbonyl (C=O) groups excluding carboxylic acids is 3. The molecule has 0 saturated heterocycles. The number of anilines is 3. The summed E-state index contributed by atoms with van der Waals surface area (Å²) in [7, 11) is 0. The van der Waals surface area contributed by atoms with Crippen molar-refractivity contribution in [2.24, 2.45) is 0 Å². The van der Waals surface area contributed by atoms with E-state index < -0.39 is 12.0 Å². The number of carbonyl (C=O) groups is 3. The first kappa shape index (κ1) is 19.4. The number of fused-ring (bicyclic) bond motifs is 1. The molecule has 0 spiro atoms. The molecule has 2 aromatic carbocycles. The van der Waals surface area contributed by atoms with E-state index in [1.54, 1.807) is 67.3 Å². The van der Waals surface area contributed by atoms with Crippen molar-refractivity contribution in [2.45, 2.75) is 26.3 Å². The molecule has 1 atom stereocenters. The molecule has 1 unspecified atom stereocenters. The normalized spacial score (nSPS) is 14.9. The van der Waals surface area contributed by atoms with Gasteiger partial charge in [-0.1, -0.05) is 12.1 Å². The Labute approximate surface area is 163 Å². The largest absolute Gasteiger partial charge is 0.464 e. The predicted octanol–water partition coefficient (Wildman–Crippen LogP) is 2.60. The molecule has 146 valence electrons. The van der Waals surface area contributed by atoms with E-state index in [1.165, 1.54) is 4.90 Å². The molecule has 1 aliphatic rings. The zero-order valence-corrected chi connectivity index (χ0v) is 15.9. The number of hydrogen-bond donors (Lipinski definition) is 1. The lowest BCUT2D eigenvalue weighted by Gasteiger charge is -2.29. The summed E-state index contributed by atoms with van der Waals surface area (Å²) in [6.07, 6.45) is 0.0964. The van der Waals surface area contributed by atoms with E-state index in [0.717, 1.165) is 0 Å². The van der Waals surface area contributed by atoms with E-state index >= 15 is 0 Å². The zero-order chi connectivity index (χ0) is 20.3. The Bertz CT molecular complexity index is 895. The van der Waals surface area contributed by atoms with Gasteiger partial charge in [-0.05, 0) is 50.2 Å². The number of ether oxygens (including phenoxy) is 1. The SMILES string of the molecule is CCOC(=O)C(C)N1C(=O)CCN(C(=O)c2ccc(N)cc2)c2ccccc21. The Hall–Kier alpha value is -3.35. The van der Waals surface area contributed by atoms with E-state index in [-0.39, 0.29) is 31.4 Å². The summed E-state index contributed by atoms with van der Waals surface area (Å²) in [5.74, 6) is -0.949. The van der Waals surface area contributed by atoms with E-state index in [4.69, 9.17) is 10.5 Å². The molecular weight excluding hydrogens is 358 g/mol. The quantitative estimate of drug-likeness (QED) is 0.649. The predicted molar refractivity (Wildman–Crippen MR) is 107 cm³/mol. The molecular formula is C21H23N3O4. The first-order chi connectivity index (χ1) is 13.4. The number of benzene rings is 2. The number of rotatable bonds is 4. The van der Waals surface area contributed by atoms with E-state index in [9.17, 15) is 14.4 Å². The van der Waals surface area contributed by atoms with Crippen LogP contribution in [-0.4, -0.2) is 37.0 Å². The third kappa shape index (κ3) is 3.69. The van der Waals surface area contributed by atoms with Crippen LogP contribution in [0.3, 0.4) is 0 Å². The number of nitrogens with two attached hydrogens (primary N) is 1. The van der Waals surface area contributed by atoms with Crippen LogP contribution in [-0.2, 0) is 14.3 Å². The minimum Gasteiger partial charge on any atom is -0.464 e. The number of para-hydroxylation sites is 2. The van der Waals surface area contributed by atoms with Crippen molar-refractivity contribution in [2.75, 3.05) is 28.7 Å². The number of nitrogens with zero attached hydrogens (tertiary/aromatic N) is 2. The van der Waals surface area contributed by atoms with E-state index in [0.29, 0.717) is 22.6 Å². The van der Waals surface area contributed by atoms with Crippen LogP contribution < -0.4 is 15.5 Å². The minimum absolute atomic E-state index is 0.0964. The van der Waals surface area contributed by atoms with Gasteiger partial charge >= 0.3 is 5.97 Å². The summed E-state index contributed by atoms with van der Waals surface area (Å²) in [5, 5.41) is 0. The van der Waals surface area contributed by atoms with Crippen LogP contribution in [0.5, 0.6) is 0 Å². The average molecular weight is 381 g/mol. The number of nitrogen functional groups attached to an aromatic ring is 1. The summed E-state index contributed by atoms with van der Waals surface area (Å²) >= 11 is 0. The Balaban J connectivity index is 2.02. The minimum atomic E-state index is -0.792. The molecule has 7 nitrogen and oxygen atoms in total. The maximum absolute atomic E-state index is 13.1. The number of hydrogen-bond acceptors (Lipinski definition) is 5. The monoisotopic (exact) mass is 381 g/mol. The molecule has 0 radical (unpaired) electrons. The van der Waals surface area contributed by atoms with E-state index in [1.807, 2.05) is 0 Å². The lowest BCUT2D eigenvalue weighted by Crippen LogP contribution is -2.44. The van der Waals surface area contributed by atoms with Crippen molar-refractivity contribution in [3.63, 3.8) is 0 Å². The van der Waals surface area contributed by atoms with Crippen molar-refractivity contribution >= 4 is 34.8 Å². The van der Waals surface area contributed by atoms with Crippen LogP contribution in [0.1, 0.15) is 30.6 Å². The molecule has 3 rings (SSSR count). The molecule has 2 amide bonds. The second-order valence-electron chi connectivity index (χ2n) is 6.51. The Morgan fingerprint density at radius 2 is 1.75 bits per heavy atom. The van der Waals surface area contributed by atoms with Crippen LogP contribution in [0.4, 0.5) is 17.1 Å². The smallest absolute Gasteiger partial charge is 0.328 e. The summed E-state index contributed by atoms with van der Waals surface area (Å²) < 4.78 is 5.09. The molecule has 1 heterocycles. The molecule has 28 heavy (non-hydrogen) atoms. The molecule has 7 heteroatoms. The number of esters is 1. The van der Waals surface area contributed by atoms with Gasteiger partial charge in [-0.3, -0.25) is 14.5 Å². The van der Waals surface area contributed by atoms with Crippen molar-refractivity contribution in [3.05, 3.63) is 54.1 Å². The summed E-state index contributed by atoms with van der Waals surface area (Å²) in [4.78, 5) is 41.2. The lowest BCUT2D eigenvalue weighted by molar-refractivity contribution is -0.145. The lowest BCUT2D eigenvalue weighted by atomic mass is 10.1. The number of amides is 2. The fourth-order valence-electron chi connectivity index (χ4n) is 3.26. The highest BCUT2D eigenvalue weighted by atomic mass is 16.5. The summed E-state index contributed by atoms with van der Waals surface area (Å²) in [6, 6.07) is 12.9. The van der Waals surface area contributed by atoms with Gasteiger partial charge in [-0.15, -0.1) is 0 Å². The Morgan fingerprint density at radius 1 is 1.11 bits per heavy atom. The molecule has 1 aliphatic heterocycles. The van der Waals surface area contributed by atoms with Gasteiger partial charge in [0.05, 0.1) is 18.0 Å². The highest BCUT2D eigenvalue weighted by Crippen LogP contribution is 2.35. The van der Waals surface area contributed by atoms with Gasteiger partial charge in [0.2, 0.25) is 5.91 Å². The van der Waals surface area contributed by atoms with Crippen LogP contribution >= 0.6 is 0 Å². The molecule has 2 N–H and O–H groups in total. The summed E-state index contributed by atoms with van der Waals surface area (Å²) in [5.41, 5.74) is 7.84. The molecule has 0 fully saturated rings. The van der Waals surface area contributed by atoms with Gasteiger partial charge in [-0.25, -0.2) is 4.79 Å². The second kappa shape index (κ2) is 8.12. The first-order valence-corrected chi connectivity index (χ1v) is 9.19. The maximum Gasteiger partial charge on any atom is 0.328 e. The second-order valence-corrected chi connectivity index (χ2v) is 6.51. The van der Waals surface area contributed by atoms with Crippen molar-refractivity contribution in [1.29, 1.82) is 0 Å². The molecule has 2 aromatic rings. The first-order valence-electron chi connectivity index (χ1n) is 9.19. The van der Waals surface area contributed by atoms with Crippen molar-refractivity contribution < 1.29 is 19.1 Å². The standard InChI is InChI=1S/C21H23N3O4/c1-3-28-21(27)14(2)24-18-7-5-4-6-17(18)23(13-12-19(24)25)20(26)15-8-10-16(22)11-9-15/h4-11,14H,3,12-13,22H2,1-2H3. The fraction of sp³-hybridized carbons (Fsp3) is 0.286. The van der Waals surface area contributed by atoms with Crippen LogP contribution in [0.15, 0.2) is 48.5 Å². The average Bonchev–Trinajstić information content (AvgIpc) is 2.84. The highest BCUT2D eigenvalue weighted by Gasteiger charge is 2.35. The van der Waals surface area contributed by atoms with Gasteiger partial charge in [0.15, 0.2) is 0 Å². The van der Waals surface area contributed by atoms with Gasteiger partial charge < -0.3 is 15.4 Å². The van der Waals surface area contributed by atoms with Gasteiger partial charge in [0.25, 0.3) is 5.91 Å². The van der Waals surface area contributed by atoms with Gasteiger partial charge in [0.1, 0.15) is 6.04 Å². The van der Waals surface area contributed by atoms with Crippen molar-refractivity contribution in [1.82, 2.24) is 0 Å². The third-order valence-corrected chi connectivity index (χ3v) is 4.67. The van der Waals surface area contributed by atoms with Crippen LogP contribution in [0.2, 0.25) is 0 Å². The molecule has 0 aromatic heterocycles. The molecule has 0 bridgehead atoms. The van der Waals surface area contributed by atoms with Crippen molar-refractivity contribution in [3.8, 4) is 0 Å². The third-order valence-electron chi connectivity index (χ3n) is 4.67. The Kier molecular flexibility index (Phi) is 5.63. The summed E-state index contributed by atoms with van der Waals surface area (Å²) in [6.45, 7) is 3.79. The van der Waals surface area contributed by atoms with Crippen LogP contribution in [0.25, 0.3) is 0 Å². The topological polar surface area (TPSA) is 92.9 Å². The molecule has 0 saturated carbocycles. The zero-order valence-electron chi connectivity index (χ0n) is 15.9. The fourth-order valence-corrected chi connectivity index (χ4v) is 3.26. The van der Waals surface area contributed by atoms with E-state index in [2.05, 4.69) is 0 Å². The van der Waals surface area contributed by atoms with Gasteiger partial charge in [0, 0.05) is 24.2 Å². The van der Waals surface area contributed by atoms with Gasteiger partial charge in [-0.2, -0.15) is 0 Å². The molecule has 0 aliphatic carbocycles. The Morgan fingerprint density at radius 3 is 2.39 bits per heavy atom. The highest BCUT2D eigenvalue weighted by molar-refractivity contribution is 6.12.